The summed E-state index contributed by atoms with van der Waals surface area (Å²) in [6.45, 7) is 2.00. The predicted molar refractivity (Wildman–Crippen MR) is 98.8 cm³/mol. The summed E-state index contributed by atoms with van der Waals surface area (Å²) in [5.74, 6) is 1.32. The molecule has 2 aliphatic carbocycles. The number of nitrogens with one attached hydrogen (secondary N) is 2. The molecule has 4 rings (SSSR count). The third-order valence-electron chi connectivity index (χ3n) is 6.00. The molecule has 7 heteroatoms. The van der Waals surface area contributed by atoms with Crippen LogP contribution >= 0.6 is 11.6 Å². The molecule has 26 heavy (non-hydrogen) atoms. The largest absolute Gasteiger partial charge is 0.353 e. The Morgan fingerprint density at radius 2 is 2.15 bits per heavy atom. The van der Waals surface area contributed by atoms with Crippen molar-refractivity contribution in [2.45, 2.75) is 68.8 Å². The summed E-state index contributed by atoms with van der Waals surface area (Å²) in [7, 11) is 0. The first kappa shape index (κ1) is 17.5. The van der Waals surface area contributed by atoms with Crippen LogP contribution in [0.15, 0.2) is 6.20 Å². The van der Waals surface area contributed by atoms with Crippen molar-refractivity contribution in [3.05, 3.63) is 17.5 Å². The Morgan fingerprint density at radius 3 is 2.88 bits per heavy atom. The fourth-order valence-electron chi connectivity index (χ4n) is 4.33. The molecule has 1 aliphatic heterocycles. The number of fused-ring (bicyclic) bond motifs is 1. The maximum absolute atomic E-state index is 12.6. The Labute approximate surface area is 158 Å². The first-order chi connectivity index (χ1) is 12.5. The third kappa shape index (κ3) is 3.50. The summed E-state index contributed by atoms with van der Waals surface area (Å²) >= 11 is 6.34. The van der Waals surface area contributed by atoms with Gasteiger partial charge in [-0.25, -0.2) is 9.97 Å². The number of piperidine rings is 1. The molecule has 1 aromatic heterocycles. The highest BCUT2D eigenvalue weighted by molar-refractivity contribution is 6.20. The van der Waals surface area contributed by atoms with E-state index >= 15 is 0 Å². The maximum atomic E-state index is 12.6. The molecule has 6 nitrogen and oxygen atoms in total. The normalized spacial score (nSPS) is 32.1. The molecule has 2 N–H and O–H groups in total. The van der Waals surface area contributed by atoms with Gasteiger partial charge in [-0.05, 0) is 51.4 Å². The Hall–Kier alpha value is -1.87. The van der Waals surface area contributed by atoms with E-state index in [0.29, 0.717) is 23.3 Å². The van der Waals surface area contributed by atoms with Crippen LogP contribution in [0.1, 0.15) is 62.6 Å². The summed E-state index contributed by atoms with van der Waals surface area (Å²) in [5.41, 5.74) is 1.39. The minimum absolute atomic E-state index is 0.0772. The molecule has 5 atom stereocenters. The molecule has 4 unspecified atom stereocenters. The maximum Gasteiger partial charge on any atom is 0.225 e. The van der Waals surface area contributed by atoms with Crippen LogP contribution in [-0.4, -0.2) is 33.3 Å². The van der Waals surface area contributed by atoms with Crippen LogP contribution in [0.3, 0.4) is 0 Å². The minimum atomic E-state index is -0.123. The second kappa shape index (κ2) is 7.03. The lowest BCUT2D eigenvalue weighted by molar-refractivity contribution is -0.130. The predicted octanol–water partition coefficient (Wildman–Crippen LogP) is 2.94. The Morgan fingerprint density at radius 1 is 1.35 bits per heavy atom. The van der Waals surface area contributed by atoms with Gasteiger partial charge in [-0.3, -0.25) is 4.79 Å². The van der Waals surface area contributed by atoms with Crippen molar-refractivity contribution in [3.63, 3.8) is 0 Å². The molecule has 2 saturated carbocycles. The van der Waals surface area contributed by atoms with Gasteiger partial charge in [0, 0.05) is 23.4 Å². The molecule has 0 bridgehead atoms. The van der Waals surface area contributed by atoms with E-state index in [1.807, 2.05) is 6.92 Å². The zero-order valence-electron chi connectivity index (χ0n) is 14.9. The lowest BCUT2D eigenvalue weighted by Crippen LogP contribution is -2.55. The second-order valence-corrected chi connectivity index (χ2v) is 8.56. The number of nitrogens with zero attached hydrogens (tertiary/aromatic N) is 3. The van der Waals surface area contributed by atoms with Crippen molar-refractivity contribution in [3.8, 4) is 6.07 Å². The highest BCUT2D eigenvalue weighted by Crippen LogP contribution is 2.41. The number of anilines is 1. The molecule has 3 fully saturated rings. The number of hydrogen-bond donors (Lipinski definition) is 2. The van der Waals surface area contributed by atoms with Crippen molar-refractivity contribution in [2.75, 3.05) is 5.32 Å². The van der Waals surface area contributed by atoms with Crippen molar-refractivity contribution in [1.82, 2.24) is 15.3 Å². The molecule has 3 aliphatic rings. The standard InChI is InChI=1S/C19H24ClN5O/c1-10(15-7-12-6-14(20)4-5-16(12)24-18(15)26)23-19-22-9-13(8-21)17(25-19)11-2-3-11/h9-12,14-16H,2-7H2,1H3,(H,24,26)(H,22,23,25)/t10-,12?,14?,15?,16?/m0/s1. The zero-order chi connectivity index (χ0) is 18.3. The van der Waals surface area contributed by atoms with Crippen LogP contribution in [0.4, 0.5) is 5.95 Å². The van der Waals surface area contributed by atoms with Gasteiger partial charge in [0.25, 0.3) is 0 Å². The topological polar surface area (TPSA) is 90.7 Å². The summed E-state index contributed by atoms with van der Waals surface area (Å²) in [6, 6.07) is 2.37. The van der Waals surface area contributed by atoms with Gasteiger partial charge in [-0.15, -0.1) is 11.6 Å². The minimum Gasteiger partial charge on any atom is -0.353 e. The summed E-state index contributed by atoms with van der Waals surface area (Å²) in [4.78, 5) is 21.4. The van der Waals surface area contributed by atoms with Crippen LogP contribution in [0, 0.1) is 23.2 Å². The van der Waals surface area contributed by atoms with E-state index in [4.69, 9.17) is 11.6 Å². The number of aromatic nitrogens is 2. The molecule has 0 radical (unpaired) electrons. The fraction of sp³-hybridized carbons (Fsp3) is 0.684. The fourth-order valence-corrected chi connectivity index (χ4v) is 4.69. The van der Waals surface area contributed by atoms with Gasteiger partial charge in [-0.2, -0.15) is 5.26 Å². The van der Waals surface area contributed by atoms with Gasteiger partial charge >= 0.3 is 0 Å². The van der Waals surface area contributed by atoms with Gasteiger partial charge in [-0.1, -0.05) is 0 Å². The highest BCUT2D eigenvalue weighted by Gasteiger charge is 2.41. The van der Waals surface area contributed by atoms with Gasteiger partial charge in [0.2, 0.25) is 11.9 Å². The SMILES string of the molecule is C[C@H](Nc1ncc(C#N)c(C2CC2)n1)C1CC2CC(Cl)CCC2NC1=O. The van der Waals surface area contributed by atoms with Crippen LogP contribution in [0.2, 0.25) is 0 Å². The van der Waals surface area contributed by atoms with E-state index < -0.39 is 0 Å². The van der Waals surface area contributed by atoms with Gasteiger partial charge < -0.3 is 10.6 Å². The smallest absolute Gasteiger partial charge is 0.225 e. The average Bonchev–Trinajstić information content (AvgIpc) is 3.46. The van der Waals surface area contributed by atoms with Crippen LogP contribution < -0.4 is 10.6 Å². The highest BCUT2D eigenvalue weighted by atomic mass is 35.5. The number of amides is 1. The molecule has 0 aromatic carbocycles. The molecule has 138 valence electrons. The average molecular weight is 374 g/mol. The van der Waals surface area contributed by atoms with Crippen LogP contribution in [0.5, 0.6) is 0 Å². The van der Waals surface area contributed by atoms with Crippen molar-refractivity contribution in [1.29, 1.82) is 5.26 Å². The number of nitriles is 1. The summed E-state index contributed by atoms with van der Waals surface area (Å²) < 4.78 is 0. The molecule has 0 spiro atoms. The van der Waals surface area contributed by atoms with Crippen molar-refractivity contribution in [2.24, 2.45) is 11.8 Å². The van der Waals surface area contributed by atoms with E-state index in [1.54, 1.807) is 6.20 Å². The number of carbonyl (C=O) groups is 1. The molecule has 1 aromatic rings. The molecule has 1 amide bonds. The van der Waals surface area contributed by atoms with Gasteiger partial charge in [0.15, 0.2) is 0 Å². The number of carbonyl (C=O) groups excluding carboxylic acids is 1. The molecule has 2 heterocycles. The van der Waals surface area contributed by atoms with Crippen LogP contribution in [-0.2, 0) is 4.79 Å². The van der Waals surface area contributed by atoms with Gasteiger partial charge in [0.05, 0.1) is 23.4 Å². The molecular formula is C19H24ClN5O. The zero-order valence-corrected chi connectivity index (χ0v) is 15.7. The first-order valence-electron chi connectivity index (χ1n) is 9.53. The van der Waals surface area contributed by atoms with Crippen molar-refractivity contribution >= 4 is 23.5 Å². The van der Waals surface area contributed by atoms with E-state index in [0.717, 1.165) is 44.2 Å². The Bertz CT molecular complexity index is 744. The summed E-state index contributed by atoms with van der Waals surface area (Å²) in [5, 5.41) is 15.9. The number of rotatable bonds is 4. The molecular weight excluding hydrogens is 350 g/mol. The van der Waals surface area contributed by atoms with Crippen molar-refractivity contribution < 1.29 is 4.79 Å². The Kier molecular flexibility index (Phi) is 4.74. The van der Waals surface area contributed by atoms with E-state index in [9.17, 15) is 10.1 Å². The van der Waals surface area contributed by atoms with Crippen LogP contribution in [0.25, 0.3) is 0 Å². The molecule has 1 saturated heterocycles. The quantitative estimate of drug-likeness (QED) is 0.792. The Balaban J connectivity index is 1.46. The monoisotopic (exact) mass is 373 g/mol. The first-order valence-corrected chi connectivity index (χ1v) is 9.96. The third-order valence-corrected chi connectivity index (χ3v) is 6.40. The number of alkyl halides is 1. The second-order valence-electron chi connectivity index (χ2n) is 7.94. The number of halogens is 1. The van der Waals surface area contributed by atoms with E-state index in [2.05, 4.69) is 26.7 Å². The lowest BCUT2D eigenvalue weighted by atomic mass is 9.74. The summed E-state index contributed by atoms with van der Waals surface area (Å²) in [6.07, 6.45) is 7.51. The lowest BCUT2D eigenvalue weighted by Gasteiger charge is -2.42. The van der Waals surface area contributed by atoms with E-state index in [-0.39, 0.29) is 29.3 Å². The van der Waals surface area contributed by atoms with E-state index in [1.165, 1.54) is 0 Å². The van der Waals surface area contributed by atoms with Gasteiger partial charge in [0.1, 0.15) is 6.07 Å². The number of hydrogen-bond acceptors (Lipinski definition) is 5.